The van der Waals surface area contributed by atoms with Gasteiger partial charge in [0.15, 0.2) is 0 Å². The number of benzene rings is 1. The summed E-state index contributed by atoms with van der Waals surface area (Å²) in [6.45, 7) is 2.47. The van der Waals surface area contributed by atoms with Crippen LogP contribution in [0.5, 0.6) is 0 Å². The summed E-state index contributed by atoms with van der Waals surface area (Å²) < 4.78 is 5.37. The minimum Gasteiger partial charge on any atom is -0.480 e. The summed E-state index contributed by atoms with van der Waals surface area (Å²) in [5, 5.41) is 9.03. The zero-order chi connectivity index (χ0) is 16.9. The molecule has 0 radical (unpaired) electrons. The summed E-state index contributed by atoms with van der Waals surface area (Å²) in [6.07, 6.45) is 2.80. The highest BCUT2D eigenvalue weighted by atomic mass is 16.6. The number of likely N-dealkylation sites (tertiary alicyclic amines) is 1. The molecule has 1 atom stereocenters. The van der Waals surface area contributed by atoms with E-state index in [2.05, 4.69) is 0 Å². The van der Waals surface area contributed by atoms with Gasteiger partial charge in [0.2, 0.25) is 0 Å². The van der Waals surface area contributed by atoms with Crippen molar-refractivity contribution in [3.05, 3.63) is 35.9 Å². The first-order valence-electron chi connectivity index (χ1n) is 8.53. The van der Waals surface area contributed by atoms with Crippen LogP contribution < -0.4 is 0 Å². The molecule has 0 unspecified atom stereocenters. The van der Waals surface area contributed by atoms with E-state index in [1.54, 1.807) is 4.90 Å². The van der Waals surface area contributed by atoms with E-state index < -0.39 is 5.97 Å². The highest BCUT2D eigenvalue weighted by Crippen LogP contribution is 2.29. The number of amides is 1. The van der Waals surface area contributed by atoms with E-state index in [-0.39, 0.29) is 19.2 Å². The normalized spacial score (nSPS) is 20.4. The summed E-state index contributed by atoms with van der Waals surface area (Å²) in [5.41, 5.74) is 0.975. The zero-order valence-electron chi connectivity index (χ0n) is 13.8. The molecule has 6 nitrogen and oxygen atoms in total. The highest BCUT2D eigenvalue weighted by molar-refractivity contribution is 5.69. The number of carbonyl (C=O) groups excluding carboxylic acids is 1. The van der Waals surface area contributed by atoms with Gasteiger partial charge < -0.3 is 14.7 Å². The van der Waals surface area contributed by atoms with Gasteiger partial charge in [0.1, 0.15) is 6.61 Å². The number of aliphatic carboxylic acids is 1. The van der Waals surface area contributed by atoms with E-state index in [1.165, 1.54) is 0 Å². The molecule has 1 heterocycles. The summed E-state index contributed by atoms with van der Waals surface area (Å²) in [4.78, 5) is 26.9. The molecule has 0 spiro atoms. The lowest BCUT2D eigenvalue weighted by atomic mass is 10.1. The molecule has 3 rings (SSSR count). The van der Waals surface area contributed by atoms with Crippen LogP contribution in [-0.4, -0.2) is 59.2 Å². The van der Waals surface area contributed by atoms with Crippen LogP contribution in [0, 0.1) is 5.92 Å². The number of carbonyl (C=O) groups is 2. The van der Waals surface area contributed by atoms with Gasteiger partial charge >= 0.3 is 12.1 Å². The lowest BCUT2D eigenvalue weighted by molar-refractivity contribution is -0.138. The first kappa shape index (κ1) is 16.8. The third-order valence-electron chi connectivity index (χ3n) is 4.64. The van der Waals surface area contributed by atoms with Gasteiger partial charge in [-0.2, -0.15) is 0 Å². The fraction of sp³-hybridized carbons (Fsp3) is 0.556. The van der Waals surface area contributed by atoms with E-state index in [9.17, 15) is 9.59 Å². The number of hydrogen-bond donors (Lipinski definition) is 1. The minimum absolute atomic E-state index is 0.0968. The number of carboxylic acids is 1. The Morgan fingerprint density at radius 1 is 1.21 bits per heavy atom. The molecule has 6 heteroatoms. The number of nitrogens with zero attached hydrogens (tertiary/aromatic N) is 2. The van der Waals surface area contributed by atoms with Crippen molar-refractivity contribution < 1.29 is 19.4 Å². The molecule has 1 aliphatic carbocycles. The summed E-state index contributed by atoms with van der Waals surface area (Å²) >= 11 is 0. The van der Waals surface area contributed by atoms with Crippen LogP contribution in [-0.2, 0) is 16.1 Å². The fourth-order valence-corrected chi connectivity index (χ4v) is 3.25. The molecule has 1 saturated carbocycles. The van der Waals surface area contributed by atoms with E-state index in [0.717, 1.165) is 31.4 Å². The molecule has 2 aliphatic rings. The summed E-state index contributed by atoms with van der Waals surface area (Å²) in [6, 6.07) is 10.0. The second-order valence-corrected chi connectivity index (χ2v) is 6.70. The van der Waals surface area contributed by atoms with Gasteiger partial charge in [-0.1, -0.05) is 30.3 Å². The Kier molecular flexibility index (Phi) is 5.35. The van der Waals surface area contributed by atoms with E-state index in [1.807, 2.05) is 35.2 Å². The van der Waals surface area contributed by atoms with Crippen LogP contribution in [0.25, 0.3) is 0 Å². The smallest absolute Gasteiger partial charge is 0.410 e. The molecule has 1 aliphatic heterocycles. The number of rotatable bonds is 7. The Balaban J connectivity index is 1.44. The van der Waals surface area contributed by atoms with Crippen molar-refractivity contribution >= 4 is 12.1 Å². The lowest BCUT2D eigenvalue weighted by Gasteiger charge is -2.23. The van der Waals surface area contributed by atoms with Crippen LogP contribution in [0.3, 0.4) is 0 Å². The Bertz CT molecular complexity index is 574. The van der Waals surface area contributed by atoms with Gasteiger partial charge in [-0.15, -0.1) is 0 Å². The van der Waals surface area contributed by atoms with Gasteiger partial charge in [0, 0.05) is 25.7 Å². The van der Waals surface area contributed by atoms with Crippen LogP contribution in [0.2, 0.25) is 0 Å². The summed E-state index contributed by atoms with van der Waals surface area (Å²) in [5.74, 6) is -0.451. The third kappa shape index (κ3) is 4.71. The fourth-order valence-electron chi connectivity index (χ4n) is 3.25. The molecular formula is C18H24N2O4. The first-order valence-corrected chi connectivity index (χ1v) is 8.53. The van der Waals surface area contributed by atoms with Crippen molar-refractivity contribution in [1.82, 2.24) is 9.80 Å². The van der Waals surface area contributed by atoms with Crippen LogP contribution in [0.1, 0.15) is 24.8 Å². The second-order valence-electron chi connectivity index (χ2n) is 6.70. The molecule has 2 fully saturated rings. The zero-order valence-corrected chi connectivity index (χ0v) is 13.8. The highest BCUT2D eigenvalue weighted by Gasteiger charge is 2.34. The molecule has 1 N–H and O–H groups in total. The topological polar surface area (TPSA) is 70.1 Å². The minimum atomic E-state index is -0.779. The monoisotopic (exact) mass is 332 g/mol. The number of ether oxygens (including phenoxy) is 1. The lowest BCUT2D eigenvalue weighted by Crippen LogP contribution is -2.37. The van der Waals surface area contributed by atoms with E-state index in [4.69, 9.17) is 9.84 Å². The molecule has 1 amide bonds. The Labute approximate surface area is 142 Å². The predicted molar refractivity (Wildman–Crippen MR) is 88.5 cm³/mol. The number of carboxylic acid groups (broad SMARTS) is 1. The van der Waals surface area contributed by atoms with E-state index in [0.29, 0.717) is 25.0 Å². The average molecular weight is 332 g/mol. The van der Waals surface area contributed by atoms with Crippen molar-refractivity contribution in [3.63, 3.8) is 0 Å². The van der Waals surface area contributed by atoms with Crippen molar-refractivity contribution in [1.29, 1.82) is 0 Å². The molecule has 1 saturated heterocycles. The average Bonchev–Trinajstić information content (AvgIpc) is 3.32. The maximum Gasteiger partial charge on any atom is 0.410 e. The predicted octanol–water partition coefficient (Wildman–Crippen LogP) is 2.19. The van der Waals surface area contributed by atoms with Crippen molar-refractivity contribution in [2.24, 2.45) is 5.92 Å². The van der Waals surface area contributed by atoms with E-state index >= 15 is 0 Å². The molecule has 130 valence electrons. The van der Waals surface area contributed by atoms with Gasteiger partial charge in [-0.3, -0.25) is 9.69 Å². The van der Waals surface area contributed by atoms with Crippen molar-refractivity contribution in [2.45, 2.75) is 31.9 Å². The third-order valence-corrected chi connectivity index (χ3v) is 4.64. The van der Waals surface area contributed by atoms with Gasteiger partial charge in [0.05, 0.1) is 6.54 Å². The largest absolute Gasteiger partial charge is 0.480 e. The van der Waals surface area contributed by atoms with Crippen molar-refractivity contribution in [3.8, 4) is 0 Å². The molecule has 0 aromatic heterocycles. The number of hydrogen-bond acceptors (Lipinski definition) is 4. The molecule has 1 aromatic rings. The Morgan fingerprint density at radius 2 is 1.96 bits per heavy atom. The SMILES string of the molecule is O=C(O)CN(C[C@@H]1CCN(C(=O)OCc2ccccc2)C1)C1CC1. The molecule has 24 heavy (non-hydrogen) atoms. The van der Waals surface area contributed by atoms with Crippen LogP contribution in [0.15, 0.2) is 30.3 Å². The standard InChI is InChI=1S/C18H24N2O4/c21-17(22)12-20(16-6-7-16)11-15-8-9-19(10-15)18(23)24-13-14-4-2-1-3-5-14/h1-5,15-16H,6-13H2,(H,21,22)/t15-/m1/s1. The van der Waals surface area contributed by atoms with Gasteiger partial charge in [-0.25, -0.2) is 4.79 Å². The molecular weight excluding hydrogens is 308 g/mol. The maximum atomic E-state index is 12.2. The summed E-state index contributed by atoms with van der Waals surface area (Å²) in [7, 11) is 0. The molecule has 0 bridgehead atoms. The molecule has 1 aromatic carbocycles. The Morgan fingerprint density at radius 3 is 2.62 bits per heavy atom. The van der Waals surface area contributed by atoms with Gasteiger partial charge in [-0.05, 0) is 30.7 Å². The maximum absolute atomic E-state index is 12.2. The Hall–Kier alpha value is -2.08. The second kappa shape index (κ2) is 7.66. The van der Waals surface area contributed by atoms with Crippen molar-refractivity contribution in [2.75, 3.05) is 26.2 Å². The quantitative estimate of drug-likeness (QED) is 0.829. The van der Waals surface area contributed by atoms with Crippen LogP contribution >= 0.6 is 0 Å². The van der Waals surface area contributed by atoms with Gasteiger partial charge in [0.25, 0.3) is 0 Å². The van der Waals surface area contributed by atoms with Crippen LogP contribution in [0.4, 0.5) is 4.79 Å². The first-order chi connectivity index (χ1) is 11.6.